The van der Waals surface area contributed by atoms with Gasteiger partial charge in [-0.25, -0.2) is 0 Å². The topological polar surface area (TPSA) is 18.5 Å². The second-order valence-corrected chi connectivity index (χ2v) is 4.13. The summed E-state index contributed by atoms with van der Waals surface area (Å²) in [6, 6.07) is 5.22. The van der Waals surface area contributed by atoms with Crippen molar-refractivity contribution in [3.8, 4) is 5.75 Å². The van der Waals surface area contributed by atoms with E-state index >= 15 is 0 Å². The van der Waals surface area contributed by atoms with E-state index in [9.17, 15) is 0 Å². The Morgan fingerprint density at radius 3 is 2.71 bits per heavy atom. The highest BCUT2D eigenvalue weighted by Gasteiger charge is 2.19. The summed E-state index contributed by atoms with van der Waals surface area (Å²) in [6.07, 6.45) is 0. The quantitative estimate of drug-likeness (QED) is 0.798. The van der Waals surface area contributed by atoms with Crippen LogP contribution in [0.3, 0.4) is 0 Å². The lowest BCUT2D eigenvalue weighted by atomic mass is 10.1. The molecule has 0 bridgehead atoms. The predicted molar refractivity (Wildman–Crippen MR) is 56.3 cm³/mol. The molecular weight excluding hydrogens is 223 g/mol. The molecule has 4 heteroatoms. The minimum absolute atomic E-state index is 0.502. The smallest absolute Gasteiger partial charge is 0.138 e. The number of halogens is 2. The first-order chi connectivity index (χ1) is 6.75. The normalized spacial score (nSPS) is 16.4. The summed E-state index contributed by atoms with van der Waals surface area (Å²) in [4.78, 5) is 0. The molecule has 2 nitrogen and oxygen atoms in total. The van der Waals surface area contributed by atoms with E-state index in [1.54, 1.807) is 18.2 Å². The van der Waals surface area contributed by atoms with Crippen molar-refractivity contribution in [1.82, 2.24) is 0 Å². The molecule has 1 aliphatic heterocycles. The number of ether oxygens (including phenoxy) is 2. The van der Waals surface area contributed by atoms with Crippen molar-refractivity contribution in [1.29, 1.82) is 0 Å². The van der Waals surface area contributed by atoms with Crippen LogP contribution in [0.2, 0.25) is 10.0 Å². The summed E-state index contributed by atoms with van der Waals surface area (Å²) in [6.45, 7) is 2.22. The fourth-order valence-corrected chi connectivity index (χ4v) is 1.64. The zero-order valence-corrected chi connectivity index (χ0v) is 9.02. The van der Waals surface area contributed by atoms with E-state index in [1.807, 2.05) is 0 Å². The standard InChI is InChI=1S/C10H10Cl2O2/c11-8-1-2-10(9(12)3-8)14-6-7-4-13-5-7/h1-3,7H,4-6H2. The van der Waals surface area contributed by atoms with Gasteiger partial charge in [0, 0.05) is 10.9 Å². The Kier molecular flexibility index (Phi) is 3.16. The Morgan fingerprint density at radius 1 is 1.36 bits per heavy atom. The maximum absolute atomic E-state index is 5.93. The van der Waals surface area contributed by atoms with Crippen LogP contribution in [-0.4, -0.2) is 19.8 Å². The molecule has 2 rings (SSSR count). The van der Waals surface area contributed by atoms with Crippen LogP contribution in [0.15, 0.2) is 18.2 Å². The third-order valence-corrected chi connectivity index (χ3v) is 2.61. The van der Waals surface area contributed by atoms with E-state index in [0.717, 1.165) is 13.2 Å². The average Bonchev–Trinajstić information content (AvgIpc) is 2.05. The summed E-state index contributed by atoms with van der Waals surface area (Å²) in [5.41, 5.74) is 0. The molecule has 0 amide bonds. The molecular formula is C10H10Cl2O2. The van der Waals surface area contributed by atoms with Gasteiger partial charge in [0.2, 0.25) is 0 Å². The van der Waals surface area contributed by atoms with Gasteiger partial charge in [-0.2, -0.15) is 0 Å². The third-order valence-electron chi connectivity index (χ3n) is 2.08. The first-order valence-electron chi connectivity index (χ1n) is 4.41. The van der Waals surface area contributed by atoms with Crippen LogP contribution in [0.25, 0.3) is 0 Å². The highest BCUT2D eigenvalue weighted by Crippen LogP contribution is 2.28. The van der Waals surface area contributed by atoms with E-state index in [0.29, 0.717) is 28.3 Å². The first-order valence-corrected chi connectivity index (χ1v) is 5.17. The van der Waals surface area contributed by atoms with Gasteiger partial charge in [-0.15, -0.1) is 0 Å². The predicted octanol–water partition coefficient (Wildman–Crippen LogP) is 3.02. The lowest BCUT2D eigenvalue weighted by Gasteiger charge is -2.25. The van der Waals surface area contributed by atoms with E-state index in [4.69, 9.17) is 32.7 Å². The molecule has 1 heterocycles. The van der Waals surface area contributed by atoms with Crippen LogP contribution in [0.1, 0.15) is 0 Å². The molecule has 1 saturated heterocycles. The van der Waals surface area contributed by atoms with Crippen LogP contribution in [0, 0.1) is 5.92 Å². The van der Waals surface area contributed by atoms with Crippen LogP contribution >= 0.6 is 23.2 Å². The molecule has 0 spiro atoms. The summed E-state index contributed by atoms with van der Waals surface area (Å²) in [5, 5.41) is 1.17. The lowest BCUT2D eigenvalue weighted by molar-refractivity contribution is -0.0508. The van der Waals surface area contributed by atoms with Crippen LogP contribution in [0.5, 0.6) is 5.75 Å². The first kappa shape index (κ1) is 10.1. The van der Waals surface area contributed by atoms with Crippen molar-refractivity contribution in [3.63, 3.8) is 0 Å². The van der Waals surface area contributed by atoms with Gasteiger partial charge in [0.25, 0.3) is 0 Å². The number of rotatable bonds is 3. The van der Waals surface area contributed by atoms with E-state index in [2.05, 4.69) is 0 Å². The Balaban J connectivity index is 1.94. The fourth-order valence-electron chi connectivity index (χ4n) is 1.18. The van der Waals surface area contributed by atoms with Crippen LogP contribution < -0.4 is 4.74 Å². The molecule has 14 heavy (non-hydrogen) atoms. The molecule has 1 aromatic rings. The van der Waals surface area contributed by atoms with E-state index in [-0.39, 0.29) is 0 Å². The molecule has 1 aliphatic rings. The van der Waals surface area contributed by atoms with Gasteiger partial charge in [0.05, 0.1) is 24.8 Å². The molecule has 0 unspecified atom stereocenters. The summed E-state index contributed by atoms with van der Waals surface area (Å²) in [5.74, 6) is 1.18. The van der Waals surface area contributed by atoms with Gasteiger partial charge in [0.15, 0.2) is 0 Å². The van der Waals surface area contributed by atoms with Crippen LogP contribution in [-0.2, 0) is 4.74 Å². The van der Waals surface area contributed by atoms with Gasteiger partial charge in [-0.3, -0.25) is 0 Å². The van der Waals surface area contributed by atoms with E-state index < -0.39 is 0 Å². The van der Waals surface area contributed by atoms with E-state index in [1.165, 1.54) is 0 Å². The Hall–Kier alpha value is -0.440. The lowest BCUT2D eigenvalue weighted by Crippen LogP contribution is -2.32. The molecule has 1 aromatic carbocycles. The number of benzene rings is 1. The molecule has 76 valence electrons. The molecule has 0 saturated carbocycles. The number of hydrogen-bond donors (Lipinski definition) is 0. The van der Waals surface area contributed by atoms with Crippen molar-refractivity contribution in [3.05, 3.63) is 28.2 Å². The van der Waals surface area contributed by atoms with Crippen molar-refractivity contribution < 1.29 is 9.47 Å². The SMILES string of the molecule is Clc1ccc(OCC2COC2)c(Cl)c1. The molecule has 0 aromatic heterocycles. The third kappa shape index (κ3) is 2.32. The molecule has 1 fully saturated rings. The zero-order valence-electron chi connectivity index (χ0n) is 7.50. The van der Waals surface area contributed by atoms with Gasteiger partial charge in [-0.05, 0) is 18.2 Å². The summed E-state index contributed by atoms with van der Waals surface area (Å²) < 4.78 is 10.6. The minimum Gasteiger partial charge on any atom is -0.492 e. The number of hydrogen-bond acceptors (Lipinski definition) is 2. The van der Waals surface area contributed by atoms with Gasteiger partial charge >= 0.3 is 0 Å². The highest BCUT2D eigenvalue weighted by molar-refractivity contribution is 6.35. The summed E-state index contributed by atoms with van der Waals surface area (Å²) in [7, 11) is 0. The van der Waals surface area contributed by atoms with Crippen molar-refractivity contribution in [2.75, 3.05) is 19.8 Å². The average molecular weight is 233 g/mol. The monoisotopic (exact) mass is 232 g/mol. The molecule has 0 aliphatic carbocycles. The minimum atomic E-state index is 0.502. The van der Waals surface area contributed by atoms with Crippen molar-refractivity contribution in [2.24, 2.45) is 5.92 Å². The molecule has 0 atom stereocenters. The fraction of sp³-hybridized carbons (Fsp3) is 0.400. The van der Waals surface area contributed by atoms with Crippen molar-refractivity contribution in [2.45, 2.75) is 0 Å². The maximum Gasteiger partial charge on any atom is 0.138 e. The second-order valence-electron chi connectivity index (χ2n) is 3.29. The molecule has 0 radical (unpaired) electrons. The Labute approximate surface area is 92.7 Å². The Morgan fingerprint density at radius 2 is 2.14 bits per heavy atom. The van der Waals surface area contributed by atoms with Crippen LogP contribution in [0.4, 0.5) is 0 Å². The molecule has 0 N–H and O–H groups in total. The summed E-state index contributed by atoms with van der Waals surface area (Å²) >= 11 is 11.7. The Bertz CT molecular complexity index is 324. The highest BCUT2D eigenvalue weighted by atomic mass is 35.5. The van der Waals surface area contributed by atoms with Gasteiger partial charge in [0.1, 0.15) is 5.75 Å². The van der Waals surface area contributed by atoms with Gasteiger partial charge in [-0.1, -0.05) is 23.2 Å². The van der Waals surface area contributed by atoms with Gasteiger partial charge < -0.3 is 9.47 Å². The van der Waals surface area contributed by atoms with Crippen molar-refractivity contribution >= 4 is 23.2 Å². The largest absolute Gasteiger partial charge is 0.492 e. The zero-order chi connectivity index (χ0) is 9.97. The maximum atomic E-state index is 5.93. The second kappa shape index (κ2) is 4.39.